The van der Waals surface area contributed by atoms with E-state index in [1.807, 2.05) is 11.4 Å². The van der Waals surface area contributed by atoms with Crippen molar-refractivity contribution in [3.8, 4) is 0 Å². The van der Waals surface area contributed by atoms with Gasteiger partial charge in [0, 0.05) is 26.3 Å². The zero-order valence-electron chi connectivity index (χ0n) is 10.00. The second kappa shape index (κ2) is 6.56. The van der Waals surface area contributed by atoms with Gasteiger partial charge >= 0.3 is 0 Å². The van der Waals surface area contributed by atoms with E-state index in [1.54, 1.807) is 11.3 Å². The molecule has 2 rings (SSSR count). The predicted molar refractivity (Wildman–Crippen MR) is 76.9 cm³/mol. The van der Waals surface area contributed by atoms with Crippen LogP contribution in [0.2, 0.25) is 0 Å². The Morgan fingerprint density at radius 2 is 1.95 bits per heavy atom. The molecule has 0 saturated heterocycles. The lowest BCUT2D eigenvalue weighted by atomic mass is 10.0. The molecule has 19 heavy (non-hydrogen) atoms. The molecule has 0 bridgehead atoms. The Hall–Kier alpha value is -0.820. The molecule has 1 unspecified atom stereocenters. The third kappa shape index (κ3) is 3.82. The van der Waals surface area contributed by atoms with Crippen LogP contribution >= 0.6 is 27.3 Å². The fraction of sp³-hybridized carbons (Fsp3) is 0.231. The Morgan fingerprint density at radius 3 is 2.47 bits per heavy atom. The first-order valence-electron chi connectivity index (χ1n) is 5.72. The number of nitrogens with one attached hydrogen (secondary N) is 1. The third-order valence-electron chi connectivity index (χ3n) is 2.82. The van der Waals surface area contributed by atoms with E-state index in [0.717, 1.165) is 9.35 Å². The van der Waals surface area contributed by atoms with Gasteiger partial charge in [-0.2, -0.15) is 0 Å². The van der Waals surface area contributed by atoms with Gasteiger partial charge in [0.2, 0.25) is 0 Å². The van der Waals surface area contributed by atoms with Crippen LogP contribution in [-0.2, 0) is 12.8 Å². The summed E-state index contributed by atoms with van der Waals surface area (Å²) >= 11 is 4.96. The van der Waals surface area contributed by atoms with Gasteiger partial charge in [-0.3, -0.25) is 11.3 Å². The van der Waals surface area contributed by atoms with Crippen LogP contribution in [0.5, 0.6) is 0 Å². The Bertz CT molecular complexity index is 539. The van der Waals surface area contributed by atoms with E-state index in [-0.39, 0.29) is 18.0 Å². The van der Waals surface area contributed by atoms with Gasteiger partial charge in [0.15, 0.2) is 0 Å². The quantitative estimate of drug-likeness (QED) is 0.643. The van der Waals surface area contributed by atoms with Crippen LogP contribution in [0, 0.1) is 11.6 Å². The molecule has 2 aromatic rings. The summed E-state index contributed by atoms with van der Waals surface area (Å²) in [7, 11) is 0. The molecule has 3 N–H and O–H groups in total. The fourth-order valence-electron chi connectivity index (χ4n) is 1.87. The maximum atomic E-state index is 13.6. The van der Waals surface area contributed by atoms with Crippen molar-refractivity contribution in [2.24, 2.45) is 5.84 Å². The number of benzene rings is 1. The SMILES string of the molecule is NNC(Cc1cc(Br)cs1)Cc1c(F)cccc1F. The molecule has 0 aliphatic heterocycles. The minimum absolute atomic E-state index is 0.0704. The molecule has 2 nitrogen and oxygen atoms in total. The topological polar surface area (TPSA) is 38.0 Å². The average molecular weight is 347 g/mol. The molecule has 0 amide bonds. The number of rotatable bonds is 5. The van der Waals surface area contributed by atoms with Gasteiger partial charge in [0.05, 0.1) is 0 Å². The van der Waals surface area contributed by atoms with Crippen molar-refractivity contribution in [2.75, 3.05) is 0 Å². The first kappa shape index (κ1) is 14.6. The molecule has 1 heterocycles. The summed E-state index contributed by atoms with van der Waals surface area (Å²) in [5.74, 6) is 4.40. The molecule has 0 radical (unpaired) electrons. The first-order chi connectivity index (χ1) is 9.10. The molecule has 1 atom stereocenters. The highest BCUT2D eigenvalue weighted by atomic mass is 79.9. The molecule has 0 saturated carbocycles. The lowest BCUT2D eigenvalue weighted by Gasteiger charge is -2.15. The average Bonchev–Trinajstić information content (AvgIpc) is 2.78. The highest BCUT2D eigenvalue weighted by Crippen LogP contribution is 2.22. The van der Waals surface area contributed by atoms with Gasteiger partial charge in [-0.25, -0.2) is 8.78 Å². The third-order valence-corrected chi connectivity index (χ3v) is 4.54. The second-order valence-corrected chi connectivity index (χ2v) is 6.11. The first-order valence-corrected chi connectivity index (χ1v) is 7.39. The van der Waals surface area contributed by atoms with E-state index in [0.29, 0.717) is 6.42 Å². The zero-order valence-corrected chi connectivity index (χ0v) is 12.4. The lowest BCUT2D eigenvalue weighted by Crippen LogP contribution is -2.38. The number of hydrogen-bond acceptors (Lipinski definition) is 3. The Kier molecular flexibility index (Phi) is 5.04. The van der Waals surface area contributed by atoms with E-state index in [4.69, 9.17) is 5.84 Å². The zero-order chi connectivity index (χ0) is 13.8. The Labute approximate surface area is 122 Å². The molecular weight excluding hydrogens is 334 g/mol. The number of halogens is 3. The summed E-state index contributed by atoms with van der Waals surface area (Å²) < 4.78 is 28.2. The second-order valence-electron chi connectivity index (χ2n) is 4.20. The molecular formula is C13H13BrF2N2S. The van der Waals surface area contributed by atoms with Crippen LogP contribution < -0.4 is 11.3 Å². The van der Waals surface area contributed by atoms with Crippen molar-refractivity contribution in [1.82, 2.24) is 5.43 Å². The normalized spacial score (nSPS) is 12.6. The molecule has 102 valence electrons. The van der Waals surface area contributed by atoms with Crippen LogP contribution in [0.15, 0.2) is 34.1 Å². The highest BCUT2D eigenvalue weighted by molar-refractivity contribution is 9.10. The minimum atomic E-state index is -0.535. The van der Waals surface area contributed by atoms with Crippen molar-refractivity contribution in [1.29, 1.82) is 0 Å². The molecule has 0 fully saturated rings. The van der Waals surface area contributed by atoms with Crippen molar-refractivity contribution in [3.05, 3.63) is 56.2 Å². The summed E-state index contributed by atoms with van der Waals surface area (Å²) in [4.78, 5) is 1.10. The van der Waals surface area contributed by atoms with Crippen LogP contribution in [-0.4, -0.2) is 6.04 Å². The summed E-state index contributed by atoms with van der Waals surface area (Å²) in [6.07, 6.45) is 0.838. The Morgan fingerprint density at radius 1 is 1.26 bits per heavy atom. The molecule has 1 aromatic heterocycles. The molecule has 0 aliphatic rings. The van der Waals surface area contributed by atoms with Gasteiger partial charge in [-0.1, -0.05) is 6.07 Å². The van der Waals surface area contributed by atoms with Crippen LogP contribution in [0.25, 0.3) is 0 Å². The molecule has 0 spiro atoms. The van der Waals surface area contributed by atoms with E-state index in [9.17, 15) is 8.78 Å². The van der Waals surface area contributed by atoms with Gasteiger partial charge < -0.3 is 0 Å². The monoisotopic (exact) mass is 346 g/mol. The van der Waals surface area contributed by atoms with Crippen molar-refractivity contribution < 1.29 is 8.78 Å². The maximum absolute atomic E-state index is 13.6. The smallest absolute Gasteiger partial charge is 0.129 e. The number of thiophene rings is 1. The van der Waals surface area contributed by atoms with Gasteiger partial charge in [-0.05, 0) is 47.0 Å². The lowest BCUT2D eigenvalue weighted by molar-refractivity contribution is 0.486. The summed E-state index contributed by atoms with van der Waals surface area (Å²) in [6, 6.07) is 5.64. The highest BCUT2D eigenvalue weighted by Gasteiger charge is 2.16. The van der Waals surface area contributed by atoms with Gasteiger partial charge in [0.1, 0.15) is 11.6 Å². The Balaban J connectivity index is 2.11. The molecule has 0 aliphatic carbocycles. The van der Waals surface area contributed by atoms with Crippen molar-refractivity contribution in [2.45, 2.75) is 18.9 Å². The van der Waals surface area contributed by atoms with E-state index in [2.05, 4.69) is 21.4 Å². The predicted octanol–water partition coefficient (Wildman–Crippen LogP) is 3.41. The molecule has 6 heteroatoms. The van der Waals surface area contributed by atoms with Gasteiger partial charge in [-0.15, -0.1) is 11.3 Å². The molecule has 1 aromatic carbocycles. The van der Waals surface area contributed by atoms with Crippen molar-refractivity contribution in [3.63, 3.8) is 0 Å². The van der Waals surface area contributed by atoms with Crippen molar-refractivity contribution >= 4 is 27.3 Å². The standard InChI is InChI=1S/C13H13BrF2N2S/c14-8-4-10(19-7-8)5-9(18-17)6-11-12(15)2-1-3-13(11)16/h1-4,7,9,18H,5-6,17H2. The van der Waals surface area contributed by atoms with Crippen LogP contribution in [0.1, 0.15) is 10.4 Å². The summed E-state index contributed by atoms with van der Waals surface area (Å²) in [5, 5.41) is 1.96. The summed E-state index contributed by atoms with van der Waals surface area (Å²) in [6.45, 7) is 0. The maximum Gasteiger partial charge on any atom is 0.129 e. The van der Waals surface area contributed by atoms with E-state index < -0.39 is 11.6 Å². The number of nitrogens with two attached hydrogens (primary N) is 1. The van der Waals surface area contributed by atoms with Crippen LogP contribution in [0.3, 0.4) is 0 Å². The fourth-order valence-corrected chi connectivity index (χ4v) is 3.40. The minimum Gasteiger partial charge on any atom is -0.271 e. The van der Waals surface area contributed by atoms with Gasteiger partial charge in [0.25, 0.3) is 0 Å². The largest absolute Gasteiger partial charge is 0.271 e. The van der Waals surface area contributed by atoms with E-state index in [1.165, 1.54) is 18.2 Å². The number of hydrazine groups is 1. The summed E-state index contributed by atoms with van der Waals surface area (Å²) in [5.41, 5.74) is 2.69. The van der Waals surface area contributed by atoms with E-state index >= 15 is 0 Å². The number of hydrogen-bond donors (Lipinski definition) is 2. The van der Waals surface area contributed by atoms with Crippen LogP contribution in [0.4, 0.5) is 8.78 Å².